The highest BCUT2D eigenvalue weighted by Gasteiger charge is 2.31. The number of allylic oxidation sites excluding steroid dienone is 2. The van der Waals surface area contributed by atoms with Gasteiger partial charge < -0.3 is 14.6 Å². The predicted octanol–water partition coefficient (Wildman–Crippen LogP) is 4.89. The Labute approximate surface area is 162 Å². The smallest absolute Gasteiger partial charge is 0.185 e. The highest BCUT2D eigenvalue weighted by Crippen LogP contribution is 2.43. The molecule has 0 aliphatic carbocycles. The second kappa shape index (κ2) is 9.01. The Bertz CT molecular complexity index is 677. The van der Waals surface area contributed by atoms with Crippen molar-refractivity contribution in [3.63, 3.8) is 0 Å². The molecule has 1 N–H and O–H groups in total. The lowest BCUT2D eigenvalue weighted by Crippen LogP contribution is -2.23. The normalized spacial score (nSPS) is 17.7. The van der Waals surface area contributed by atoms with Crippen molar-refractivity contribution in [1.82, 2.24) is 0 Å². The number of hydrogen-bond donors (Lipinski definition) is 1. The SMILES string of the molecule is CCc1c(C)c2c(c(OCC[Si](C)(C)C)c1C/C=C(\C)C[PH3+])C(O)OC2. The Morgan fingerprint density at radius 2 is 2.04 bits per heavy atom. The van der Waals surface area contributed by atoms with Crippen LogP contribution in [0.3, 0.4) is 0 Å². The number of fused-ring (bicyclic) bond motifs is 1. The van der Waals surface area contributed by atoms with Crippen molar-refractivity contribution in [1.29, 1.82) is 0 Å². The molecule has 2 atom stereocenters. The van der Waals surface area contributed by atoms with Crippen LogP contribution in [0.1, 0.15) is 48.0 Å². The van der Waals surface area contributed by atoms with Gasteiger partial charge in [0.05, 0.1) is 24.9 Å². The number of aliphatic hydroxyl groups excluding tert-OH is 1. The van der Waals surface area contributed by atoms with Crippen molar-refractivity contribution in [2.45, 2.75) is 72.2 Å². The molecule has 2 unspecified atom stereocenters. The Kier molecular flexibility index (Phi) is 7.50. The first-order valence-corrected chi connectivity index (χ1v) is 14.4. The Morgan fingerprint density at radius 3 is 2.62 bits per heavy atom. The van der Waals surface area contributed by atoms with Crippen molar-refractivity contribution in [3.8, 4) is 5.75 Å². The van der Waals surface area contributed by atoms with Crippen LogP contribution in [0, 0.1) is 6.92 Å². The van der Waals surface area contributed by atoms with Gasteiger partial charge in [-0.25, -0.2) is 0 Å². The summed E-state index contributed by atoms with van der Waals surface area (Å²) in [5.74, 6) is 0.883. The highest BCUT2D eigenvalue weighted by atomic mass is 31.0. The lowest BCUT2D eigenvalue weighted by atomic mass is 9.89. The van der Waals surface area contributed by atoms with Crippen LogP contribution in [-0.2, 0) is 24.2 Å². The summed E-state index contributed by atoms with van der Waals surface area (Å²) in [7, 11) is 0.810. The summed E-state index contributed by atoms with van der Waals surface area (Å²) in [6.45, 7) is 14.8. The van der Waals surface area contributed by atoms with Gasteiger partial charge in [0.2, 0.25) is 0 Å². The maximum Gasteiger partial charge on any atom is 0.185 e. The van der Waals surface area contributed by atoms with E-state index >= 15 is 0 Å². The lowest BCUT2D eigenvalue weighted by molar-refractivity contribution is -0.0927. The van der Waals surface area contributed by atoms with Crippen LogP contribution in [0.4, 0.5) is 0 Å². The molecule has 26 heavy (non-hydrogen) atoms. The third kappa shape index (κ3) is 4.98. The average Bonchev–Trinajstić information content (AvgIpc) is 2.96. The zero-order valence-corrected chi connectivity index (χ0v) is 19.8. The highest BCUT2D eigenvalue weighted by molar-refractivity contribution is 7.16. The molecule has 146 valence electrons. The lowest BCUT2D eigenvalue weighted by Gasteiger charge is -2.23. The van der Waals surface area contributed by atoms with Gasteiger partial charge in [-0.05, 0) is 64.2 Å². The van der Waals surface area contributed by atoms with Gasteiger partial charge in [0, 0.05) is 13.6 Å². The van der Waals surface area contributed by atoms with Gasteiger partial charge in [0.15, 0.2) is 6.29 Å². The van der Waals surface area contributed by atoms with Gasteiger partial charge in [0.25, 0.3) is 0 Å². The van der Waals surface area contributed by atoms with E-state index in [9.17, 15) is 5.11 Å². The van der Waals surface area contributed by atoms with Crippen molar-refractivity contribution in [2.24, 2.45) is 0 Å². The van der Waals surface area contributed by atoms with Crippen LogP contribution in [0.2, 0.25) is 25.7 Å². The molecule has 2 rings (SSSR count). The van der Waals surface area contributed by atoms with E-state index in [-0.39, 0.29) is 0 Å². The van der Waals surface area contributed by atoms with Crippen molar-refractivity contribution in [2.75, 3.05) is 12.8 Å². The molecule has 0 aromatic heterocycles. The number of benzene rings is 1. The second-order valence-corrected chi connectivity index (χ2v) is 14.6. The number of hydrogen-bond acceptors (Lipinski definition) is 3. The minimum atomic E-state index is -1.18. The third-order valence-electron chi connectivity index (χ3n) is 5.25. The fourth-order valence-corrected chi connectivity index (χ4v) is 4.36. The van der Waals surface area contributed by atoms with Crippen LogP contribution in [-0.4, -0.2) is 25.9 Å². The molecule has 1 aliphatic heterocycles. The van der Waals surface area contributed by atoms with Crippen LogP contribution in [0.25, 0.3) is 0 Å². The Hall–Kier alpha value is -0.673. The average molecular weight is 396 g/mol. The number of aliphatic hydroxyl groups is 1. The zero-order chi connectivity index (χ0) is 19.5. The van der Waals surface area contributed by atoms with Gasteiger partial charge >= 0.3 is 0 Å². The first-order chi connectivity index (χ1) is 12.2. The van der Waals surface area contributed by atoms with E-state index in [1.54, 1.807) is 0 Å². The van der Waals surface area contributed by atoms with E-state index in [0.29, 0.717) is 13.2 Å². The van der Waals surface area contributed by atoms with Gasteiger partial charge in [-0.15, -0.1) is 0 Å². The molecular weight excluding hydrogens is 359 g/mol. The van der Waals surface area contributed by atoms with E-state index < -0.39 is 14.4 Å². The van der Waals surface area contributed by atoms with E-state index in [4.69, 9.17) is 9.47 Å². The van der Waals surface area contributed by atoms with E-state index in [0.717, 1.165) is 41.9 Å². The van der Waals surface area contributed by atoms with Gasteiger partial charge in [0.1, 0.15) is 5.75 Å². The summed E-state index contributed by atoms with van der Waals surface area (Å²) in [6.07, 6.45) is 4.35. The molecule has 1 aliphatic rings. The van der Waals surface area contributed by atoms with E-state index in [1.165, 1.54) is 22.3 Å². The summed E-state index contributed by atoms with van der Waals surface area (Å²) in [5, 5.41) is 10.4. The largest absolute Gasteiger partial charge is 0.493 e. The molecule has 5 heteroatoms. The monoisotopic (exact) mass is 395 g/mol. The molecule has 3 nitrogen and oxygen atoms in total. The van der Waals surface area contributed by atoms with Crippen molar-refractivity contribution >= 4 is 17.3 Å². The summed E-state index contributed by atoms with van der Waals surface area (Å²) < 4.78 is 11.9. The fraction of sp³-hybridized carbons (Fsp3) is 0.619. The summed E-state index contributed by atoms with van der Waals surface area (Å²) in [5.41, 5.74) is 7.24. The third-order valence-corrected chi connectivity index (χ3v) is 7.74. The van der Waals surface area contributed by atoms with Crippen molar-refractivity contribution in [3.05, 3.63) is 39.5 Å². The van der Waals surface area contributed by atoms with Gasteiger partial charge in [-0.1, -0.05) is 32.6 Å². The zero-order valence-electron chi connectivity index (χ0n) is 17.4. The van der Waals surface area contributed by atoms with Crippen LogP contribution in [0.5, 0.6) is 5.75 Å². The summed E-state index contributed by atoms with van der Waals surface area (Å²) in [6, 6.07) is 1.11. The predicted molar refractivity (Wildman–Crippen MR) is 117 cm³/mol. The Balaban J connectivity index is 2.51. The van der Waals surface area contributed by atoms with Gasteiger partial charge in [-0.3, -0.25) is 0 Å². The molecule has 0 bridgehead atoms. The first-order valence-electron chi connectivity index (χ1n) is 9.74. The first kappa shape index (κ1) is 21.6. The maximum absolute atomic E-state index is 10.4. The molecule has 1 heterocycles. The van der Waals surface area contributed by atoms with Crippen LogP contribution >= 0.6 is 9.24 Å². The van der Waals surface area contributed by atoms with Crippen LogP contribution < -0.4 is 4.74 Å². The molecule has 0 saturated heterocycles. The van der Waals surface area contributed by atoms with Crippen LogP contribution in [0.15, 0.2) is 11.6 Å². The summed E-state index contributed by atoms with van der Waals surface area (Å²) in [4.78, 5) is 0. The molecular formula is C21H36O3PSi+. The maximum atomic E-state index is 10.4. The minimum absolute atomic E-state index is 0.477. The summed E-state index contributed by atoms with van der Waals surface area (Å²) >= 11 is 0. The Morgan fingerprint density at radius 1 is 1.35 bits per heavy atom. The number of ether oxygens (including phenoxy) is 2. The van der Waals surface area contributed by atoms with Gasteiger partial charge in [-0.2, -0.15) is 0 Å². The molecule has 1 aromatic rings. The van der Waals surface area contributed by atoms with Crippen molar-refractivity contribution < 1.29 is 14.6 Å². The quantitative estimate of drug-likeness (QED) is 0.387. The van der Waals surface area contributed by atoms with E-state index in [2.05, 4.69) is 46.5 Å². The topological polar surface area (TPSA) is 38.7 Å². The molecule has 0 amide bonds. The molecule has 1 aromatic carbocycles. The molecule has 0 radical (unpaired) electrons. The molecule has 0 fully saturated rings. The van der Waals surface area contributed by atoms with E-state index in [1.807, 2.05) is 9.24 Å². The molecule has 0 spiro atoms. The standard InChI is InChI=1S/C21H35O3PSi/c1-7-16-15(3)18-12-24-21(22)19(18)20(23-10-11-26(4,5)6)17(16)9-8-14(2)13-25/h8,21-22H,7,9-13,25H2,1-6H3/p+1/b14-8+. The number of rotatable bonds is 8. The second-order valence-electron chi connectivity index (χ2n) is 8.48. The minimum Gasteiger partial charge on any atom is -0.493 e. The molecule has 0 saturated carbocycles. The fourth-order valence-electron chi connectivity index (χ4n) is 3.44.